The molecule has 1 aromatic carbocycles. The molecule has 1 saturated carbocycles. The van der Waals surface area contributed by atoms with E-state index in [2.05, 4.69) is 0 Å². The van der Waals surface area contributed by atoms with E-state index in [4.69, 9.17) is 4.74 Å². The summed E-state index contributed by atoms with van der Waals surface area (Å²) in [6, 6.07) is 9.68. The van der Waals surface area contributed by atoms with Crippen LogP contribution in [0.25, 0.3) is 0 Å². The van der Waals surface area contributed by atoms with E-state index in [9.17, 15) is 9.59 Å². The molecule has 1 aromatic rings. The number of cyclic esters (lactones) is 1. The highest BCUT2D eigenvalue weighted by Gasteiger charge is 2.47. The van der Waals surface area contributed by atoms with Crippen molar-refractivity contribution >= 4 is 11.8 Å². The second-order valence-electron chi connectivity index (χ2n) is 4.89. The summed E-state index contributed by atoms with van der Waals surface area (Å²) in [7, 11) is 0. The Morgan fingerprint density at radius 1 is 1.17 bits per heavy atom. The van der Waals surface area contributed by atoms with Gasteiger partial charge < -0.3 is 4.74 Å². The van der Waals surface area contributed by atoms with Gasteiger partial charge >= 0.3 is 5.97 Å². The van der Waals surface area contributed by atoms with Crippen molar-refractivity contribution < 1.29 is 14.3 Å². The smallest absolute Gasteiger partial charge is 0.331 e. The molecule has 3 nitrogen and oxygen atoms in total. The first-order valence-electron chi connectivity index (χ1n) is 6.20. The fourth-order valence-electron chi connectivity index (χ4n) is 2.92. The maximum absolute atomic E-state index is 11.5. The van der Waals surface area contributed by atoms with Crippen LogP contribution in [0.5, 0.6) is 0 Å². The average Bonchev–Trinajstić information content (AvgIpc) is 2.98. The summed E-state index contributed by atoms with van der Waals surface area (Å²) in [4.78, 5) is 23.0. The third-order valence-corrected chi connectivity index (χ3v) is 3.81. The second-order valence-corrected chi connectivity index (χ2v) is 4.89. The minimum absolute atomic E-state index is 0.0649. The molecule has 0 N–H and O–H groups in total. The zero-order valence-corrected chi connectivity index (χ0v) is 9.96. The number of esters is 1. The summed E-state index contributed by atoms with van der Waals surface area (Å²) < 4.78 is 5.56. The number of carbonyl (C=O) groups is 2. The van der Waals surface area contributed by atoms with Crippen LogP contribution in [0.3, 0.4) is 0 Å². The first-order valence-corrected chi connectivity index (χ1v) is 6.20. The van der Waals surface area contributed by atoms with Gasteiger partial charge in [-0.15, -0.1) is 0 Å². The number of hydrogen-bond acceptors (Lipinski definition) is 3. The van der Waals surface area contributed by atoms with Crippen molar-refractivity contribution in [2.75, 3.05) is 0 Å². The predicted molar refractivity (Wildman–Crippen MR) is 65.7 cm³/mol. The van der Waals surface area contributed by atoms with E-state index in [0.717, 1.165) is 12.0 Å². The van der Waals surface area contributed by atoms with E-state index in [0.29, 0.717) is 12.8 Å². The molecule has 1 heterocycles. The quantitative estimate of drug-likeness (QED) is 0.748. The van der Waals surface area contributed by atoms with Crippen LogP contribution in [-0.4, -0.2) is 11.8 Å². The lowest BCUT2D eigenvalue weighted by Gasteiger charge is -2.32. The van der Waals surface area contributed by atoms with Crippen LogP contribution in [0.1, 0.15) is 24.8 Å². The number of carbonyl (C=O) groups excluding carboxylic acids is 2. The van der Waals surface area contributed by atoms with E-state index in [-0.39, 0.29) is 17.7 Å². The molecule has 1 aliphatic heterocycles. The highest BCUT2D eigenvalue weighted by Crippen LogP contribution is 2.45. The molecule has 2 atom stereocenters. The van der Waals surface area contributed by atoms with Crippen molar-refractivity contribution in [2.24, 2.45) is 5.92 Å². The second kappa shape index (κ2) is 4.09. The van der Waals surface area contributed by atoms with Gasteiger partial charge in [-0.05, 0) is 18.1 Å². The van der Waals surface area contributed by atoms with E-state index >= 15 is 0 Å². The van der Waals surface area contributed by atoms with E-state index in [1.165, 1.54) is 6.08 Å². The van der Waals surface area contributed by atoms with Crippen molar-refractivity contribution in [1.82, 2.24) is 0 Å². The maximum Gasteiger partial charge on any atom is 0.331 e. The van der Waals surface area contributed by atoms with Gasteiger partial charge in [0.25, 0.3) is 0 Å². The molecule has 3 heteroatoms. The molecule has 0 saturated heterocycles. The lowest BCUT2D eigenvalue weighted by Crippen LogP contribution is -2.33. The maximum atomic E-state index is 11.5. The molecular formula is C15H14O3. The lowest BCUT2D eigenvalue weighted by molar-refractivity contribution is -0.151. The molecule has 0 aromatic heterocycles. The number of hydrogen-bond donors (Lipinski definition) is 0. The van der Waals surface area contributed by atoms with E-state index in [1.807, 2.05) is 36.4 Å². The molecule has 1 aliphatic carbocycles. The minimum Gasteiger partial charge on any atom is -0.446 e. The van der Waals surface area contributed by atoms with Gasteiger partial charge in [-0.1, -0.05) is 30.3 Å². The van der Waals surface area contributed by atoms with Crippen molar-refractivity contribution in [2.45, 2.75) is 24.9 Å². The molecule has 0 amide bonds. The van der Waals surface area contributed by atoms with Crippen LogP contribution < -0.4 is 0 Å². The Kier molecular flexibility index (Phi) is 2.54. The summed E-state index contributed by atoms with van der Waals surface area (Å²) in [5, 5.41) is 0. The normalized spacial score (nSPS) is 30.8. The first-order chi connectivity index (χ1) is 8.71. The van der Waals surface area contributed by atoms with Crippen LogP contribution in [0, 0.1) is 5.92 Å². The monoisotopic (exact) mass is 242 g/mol. The number of rotatable bonds is 2. The molecule has 18 heavy (non-hydrogen) atoms. The van der Waals surface area contributed by atoms with Crippen molar-refractivity contribution in [1.29, 1.82) is 0 Å². The molecule has 92 valence electrons. The number of ether oxygens (including phenoxy) is 1. The fourth-order valence-corrected chi connectivity index (χ4v) is 2.92. The van der Waals surface area contributed by atoms with Crippen molar-refractivity contribution in [3.8, 4) is 0 Å². The summed E-state index contributed by atoms with van der Waals surface area (Å²) in [5.74, 6) is -0.0000397. The Balaban J connectivity index is 2.03. The van der Waals surface area contributed by atoms with Gasteiger partial charge in [-0.25, -0.2) is 4.79 Å². The van der Waals surface area contributed by atoms with Crippen LogP contribution in [0.15, 0.2) is 42.5 Å². The Morgan fingerprint density at radius 3 is 2.50 bits per heavy atom. The first kappa shape index (κ1) is 11.2. The van der Waals surface area contributed by atoms with Gasteiger partial charge in [0.05, 0.1) is 0 Å². The number of ketones is 1. The van der Waals surface area contributed by atoms with Crippen molar-refractivity contribution in [3.05, 3.63) is 48.0 Å². The lowest BCUT2D eigenvalue weighted by atomic mass is 9.80. The highest BCUT2D eigenvalue weighted by atomic mass is 16.6. The fraction of sp³-hybridized carbons (Fsp3) is 0.333. The third-order valence-electron chi connectivity index (χ3n) is 3.81. The van der Waals surface area contributed by atoms with Gasteiger partial charge in [0.15, 0.2) is 5.60 Å². The van der Waals surface area contributed by atoms with Crippen LogP contribution in [0.4, 0.5) is 0 Å². The molecule has 2 aliphatic rings. The summed E-state index contributed by atoms with van der Waals surface area (Å²) in [5.41, 5.74) is 0.219. The molecule has 0 bridgehead atoms. The summed E-state index contributed by atoms with van der Waals surface area (Å²) >= 11 is 0. The molecule has 3 rings (SSSR count). The van der Waals surface area contributed by atoms with Crippen LogP contribution in [-0.2, 0) is 19.9 Å². The number of benzene rings is 1. The van der Waals surface area contributed by atoms with E-state index in [1.54, 1.807) is 0 Å². The third kappa shape index (κ3) is 1.67. The predicted octanol–water partition coefficient (Wildman–Crippen LogP) is 2.36. The Morgan fingerprint density at radius 2 is 1.94 bits per heavy atom. The topological polar surface area (TPSA) is 43.4 Å². The average molecular weight is 242 g/mol. The molecule has 1 fully saturated rings. The van der Waals surface area contributed by atoms with Gasteiger partial charge in [-0.3, -0.25) is 4.79 Å². The van der Waals surface area contributed by atoms with Crippen LogP contribution >= 0.6 is 0 Å². The molecule has 0 spiro atoms. The zero-order valence-electron chi connectivity index (χ0n) is 9.96. The SMILES string of the molecule is O=C1CC[C@@H]([C@]2(c3ccccc3)C=CC(=O)O2)C1. The summed E-state index contributed by atoms with van der Waals surface area (Å²) in [6.45, 7) is 0. The molecular weight excluding hydrogens is 228 g/mol. The van der Waals surface area contributed by atoms with Crippen LogP contribution in [0.2, 0.25) is 0 Å². The van der Waals surface area contributed by atoms with E-state index < -0.39 is 5.60 Å². The Hall–Kier alpha value is -1.90. The van der Waals surface area contributed by atoms with Gasteiger partial charge in [-0.2, -0.15) is 0 Å². The Bertz CT molecular complexity index is 518. The standard InChI is InChI=1S/C15H14O3/c16-13-7-6-12(10-13)15(9-8-14(17)18-15)11-4-2-1-3-5-11/h1-5,8-9,12H,6-7,10H2/t12-,15-/m1/s1. The molecule has 0 unspecified atom stereocenters. The minimum atomic E-state index is -0.732. The molecule has 0 radical (unpaired) electrons. The number of Topliss-reactive ketones (excluding diaryl/α,β-unsaturated/α-hetero) is 1. The Labute approximate surface area is 105 Å². The van der Waals surface area contributed by atoms with Gasteiger partial charge in [0.1, 0.15) is 5.78 Å². The largest absolute Gasteiger partial charge is 0.446 e. The van der Waals surface area contributed by atoms with Gasteiger partial charge in [0.2, 0.25) is 0 Å². The van der Waals surface area contributed by atoms with Crippen molar-refractivity contribution in [3.63, 3.8) is 0 Å². The summed E-state index contributed by atoms with van der Waals surface area (Å²) in [6.07, 6.45) is 5.15. The zero-order chi connectivity index (χ0) is 12.6. The van der Waals surface area contributed by atoms with Gasteiger partial charge in [0, 0.05) is 24.8 Å². The highest BCUT2D eigenvalue weighted by molar-refractivity contribution is 5.86.